The number of ether oxygens (including phenoxy) is 1. The van der Waals surface area contributed by atoms with Crippen LogP contribution in [0.4, 0.5) is 0 Å². The van der Waals surface area contributed by atoms with Gasteiger partial charge in [-0.3, -0.25) is 4.79 Å². The number of aryl methyl sites for hydroxylation is 1. The number of carbonyl (C=O) groups is 1. The maximum Gasteiger partial charge on any atom is 0.343 e. The molecule has 0 unspecified atom stereocenters. The van der Waals surface area contributed by atoms with Crippen molar-refractivity contribution in [2.75, 3.05) is 7.11 Å². The molecule has 1 heterocycles. The molecule has 0 aliphatic heterocycles. The molecule has 16 heavy (non-hydrogen) atoms. The van der Waals surface area contributed by atoms with E-state index in [1.807, 2.05) is 19.1 Å². The predicted molar refractivity (Wildman–Crippen MR) is 60.6 cm³/mol. The van der Waals surface area contributed by atoms with Crippen LogP contribution in [-0.4, -0.2) is 18.1 Å². The number of carbonyl (C=O) groups excluding carboxylic acids is 1. The van der Waals surface area contributed by atoms with Gasteiger partial charge in [0.25, 0.3) is 0 Å². The number of nitrogens with one attached hydrogen (secondary N) is 1. The third-order valence-electron chi connectivity index (χ3n) is 2.44. The van der Waals surface area contributed by atoms with Gasteiger partial charge in [-0.15, -0.1) is 0 Å². The molecule has 0 aliphatic rings. The third kappa shape index (κ3) is 1.58. The lowest BCUT2D eigenvalue weighted by Gasteiger charge is -2.02. The second-order valence-electron chi connectivity index (χ2n) is 3.57. The van der Waals surface area contributed by atoms with Crippen molar-refractivity contribution in [3.8, 4) is 0 Å². The van der Waals surface area contributed by atoms with Crippen LogP contribution >= 0.6 is 0 Å². The highest BCUT2D eigenvalue weighted by molar-refractivity contribution is 5.93. The van der Waals surface area contributed by atoms with Crippen LogP contribution in [0.5, 0.6) is 0 Å². The van der Waals surface area contributed by atoms with Gasteiger partial charge in [-0.25, -0.2) is 4.79 Å². The highest BCUT2D eigenvalue weighted by Crippen LogP contribution is 2.10. The summed E-state index contributed by atoms with van der Waals surface area (Å²) in [5.41, 5.74) is 1.49. The molecule has 2 aromatic rings. The van der Waals surface area contributed by atoms with E-state index in [4.69, 9.17) is 0 Å². The Morgan fingerprint density at radius 2 is 2.12 bits per heavy atom. The highest BCUT2D eigenvalue weighted by atomic mass is 16.5. The molecule has 1 aromatic carbocycles. The van der Waals surface area contributed by atoms with Crippen molar-refractivity contribution in [3.05, 3.63) is 45.7 Å². The van der Waals surface area contributed by atoms with Gasteiger partial charge in [0, 0.05) is 17.1 Å². The van der Waals surface area contributed by atoms with Gasteiger partial charge in [-0.2, -0.15) is 0 Å². The molecule has 0 fully saturated rings. The number of aromatic amines is 1. The number of aromatic nitrogens is 1. The standard InChI is InChI=1S/C12H11NO3/c1-7-3-4-8-10(5-7)13-6-9(11(8)14)12(15)16-2/h3-6H,1-2H3,(H,13,14). The molecular weight excluding hydrogens is 206 g/mol. The van der Waals surface area contributed by atoms with Crippen LogP contribution in [0.1, 0.15) is 15.9 Å². The minimum Gasteiger partial charge on any atom is -0.465 e. The maximum absolute atomic E-state index is 11.9. The van der Waals surface area contributed by atoms with Crippen LogP contribution in [0.25, 0.3) is 10.9 Å². The van der Waals surface area contributed by atoms with E-state index in [1.54, 1.807) is 6.07 Å². The van der Waals surface area contributed by atoms with Crippen LogP contribution in [0, 0.1) is 6.92 Å². The van der Waals surface area contributed by atoms with E-state index in [1.165, 1.54) is 13.3 Å². The largest absolute Gasteiger partial charge is 0.465 e. The molecule has 0 radical (unpaired) electrons. The SMILES string of the molecule is COC(=O)c1c[nH]c2cc(C)ccc2c1=O. The summed E-state index contributed by atoms with van der Waals surface area (Å²) >= 11 is 0. The lowest BCUT2D eigenvalue weighted by Crippen LogP contribution is -2.16. The summed E-state index contributed by atoms with van der Waals surface area (Å²) in [6.45, 7) is 1.94. The Balaban J connectivity index is 2.76. The van der Waals surface area contributed by atoms with Crippen molar-refractivity contribution in [1.82, 2.24) is 4.98 Å². The zero-order chi connectivity index (χ0) is 11.7. The zero-order valence-corrected chi connectivity index (χ0v) is 9.03. The van der Waals surface area contributed by atoms with Crippen molar-refractivity contribution >= 4 is 16.9 Å². The molecule has 1 N–H and O–H groups in total. The quantitative estimate of drug-likeness (QED) is 0.738. The highest BCUT2D eigenvalue weighted by Gasteiger charge is 2.12. The molecule has 4 nitrogen and oxygen atoms in total. The smallest absolute Gasteiger partial charge is 0.343 e. The summed E-state index contributed by atoms with van der Waals surface area (Å²) < 4.78 is 4.53. The number of fused-ring (bicyclic) bond motifs is 1. The lowest BCUT2D eigenvalue weighted by atomic mass is 10.1. The molecule has 0 bridgehead atoms. The number of hydrogen-bond acceptors (Lipinski definition) is 3. The van der Waals surface area contributed by atoms with Crippen molar-refractivity contribution in [3.63, 3.8) is 0 Å². The number of H-pyrrole nitrogens is 1. The third-order valence-corrected chi connectivity index (χ3v) is 2.44. The number of hydrogen-bond donors (Lipinski definition) is 1. The molecule has 82 valence electrons. The number of benzene rings is 1. The minimum atomic E-state index is -0.622. The average Bonchev–Trinajstić information content (AvgIpc) is 2.28. The van der Waals surface area contributed by atoms with Gasteiger partial charge in [0.2, 0.25) is 5.43 Å². The Morgan fingerprint density at radius 3 is 2.81 bits per heavy atom. The normalized spacial score (nSPS) is 10.4. The summed E-state index contributed by atoms with van der Waals surface area (Å²) in [5, 5.41) is 0.494. The molecule has 1 aromatic heterocycles. The Labute approximate surface area is 91.9 Å². The van der Waals surface area contributed by atoms with E-state index in [0.29, 0.717) is 5.39 Å². The molecule has 2 rings (SSSR count). The Morgan fingerprint density at radius 1 is 1.38 bits per heavy atom. The molecule has 0 saturated carbocycles. The molecule has 0 aliphatic carbocycles. The van der Waals surface area contributed by atoms with Gasteiger partial charge in [0.05, 0.1) is 7.11 Å². The minimum absolute atomic E-state index is 0.0267. The molecular formula is C12H11NO3. The van der Waals surface area contributed by atoms with Crippen LogP contribution in [-0.2, 0) is 4.74 Å². The Bertz CT molecular complexity index is 613. The van der Waals surface area contributed by atoms with Crippen molar-refractivity contribution in [2.45, 2.75) is 6.92 Å². The van der Waals surface area contributed by atoms with E-state index < -0.39 is 5.97 Å². The van der Waals surface area contributed by atoms with Gasteiger partial charge < -0.3 is 9.72 Å². The zero-order valence-electron chi connectivity index (χ0n) is 9.03. The van der Waals surface area contributed by atoms with Gasteiger partial charge in [0.1, 0.15) is 5.56 Å². The van der Waals surface area contributed by atoms with Crippen molar-refractivity contribution < 1.29 is 9.53 Å². The van der Waals surface area contributed by atoms with Gasteiger partial charge in [-0.1, -0.05) is 6.07 Å². The first-order chi connectivity index (χ1) is 7.63. The van der Waals surface area contributed by atoms with Crippen LogP contribution in [0.15, 0.2) is 29.2 Å². The second kappa shape index (κ2) is 3.81. The maximum atomic E-state index is 11.9. The molecule has 0 saturated heterocycles. The Kier molecular flexibility index (Phi) is 2.48. The van der Waals surface area contributed by atoms with Gasteiger partial charge in [0.15, 0.2) is 0 Å². The number of methoxy groups -OCH3 is 1. The van der Waals surface area contributed by atoms with Crippen molar-refractivity contribution in [2.24, 2.45) is 0 Å². The van der Waals surface area contributed by atoms with E-state index in [9.17, 15) is 9.59 Å². The Hall–Kier alpha value is -2.10. The first-order valence-corrected chi connectivity index (χ1v) is 4.84. The first kappa shape index (κ1) is 10.4. The number of rotatable bonds is 1. The molecule has 4 heteroatoms. The predicted octanol–water partition coefficient (Wildman–Crippen LogP) is 1.62. The van der Waals surface area contributed by atoms with E-state index in [0.717, 1.165) is 11.1 Å². The fourth-order valence-electron chi connectivity index (χ4n) is 1.60. The lowest BCUT2D eigenvalue weighted by molar-refractivity contribution is 0.0599. The first-order valence-electron chi connectivity index (χ1n) is 4.84. The second-order valence-corrected chi connectivity index (χ2v) is 3.57. The molecule has 0 spiro atoms. The van der Waals surface area contributed by atoms with E-state index >= 15 is 0 Å². The monoisotopic (exact) mass is 217 g/mol. The van der Waals surface area contributed by atoms with E-state index in [-0.39, 0.29) is 11.0 Å². The van der Waals surface area contributed by atoms with Crippen LogP contribution in [0.2, 0.25) is 0 Å². The number of pyridine rings is 1. The van der Waals surface area contributed by atoms with Crippen LogP contribution in [0.3, 0.4) is 0 Å². The molecule has 0 atom stereocenters. The summed E-state index contributed by atoms with van der Waals surface area (Å²) in [4.78, 5) is 26.1. The number of esters is 1. The topological polar surface area (TPSA) is 59.2 Å². The van der Waals surface area contributed by atoms with Gasteiger partial charge in [-0.05, 0) is 24.6 Å². The molecule has 0 amide bonds. The average molecular weight is 217 g/mol. The fraction of sp³-hybridized carbons (Fsp3) is 0.167. The van der Waals surface area contributed by atoms with Crippen molar-refractivity contribution in [1.29, 1.82) is 0 Å². The summed E-state index contributed by atoms with van der Waals surface area (Å²) in [6.07, 6.45) is 1.38. The fourth-order valence-corrected chi connectivity index (χ4v) is 1.60. The van der Waals surface area contributed by atoms with E-state index in [2.05, 4.69) is 9.72 Å². The summed E-state index contributed by atoms with van der Waals surface area (Å²) in [5.74, 6) is -0.622. The van der Waals surface area contributed by atoms with Crippen LogP contribution < -0.4 is 5.43 Å². The summed E-state index contributed by atoms with van der Waals surface area (Å²) in [7, 11) is 1.25. The van der Waals surface area contributed by atoms with Gasteiger partial charge >= 0.3 is 5.97 Å². The summed E-state index contributed by atoms with van der Waals surface area (Å²) in [6, 6.07) is 5.40.